The van der Waals surface area contributed by atoms with Crippen LogP contribution < -0.4 is 11.2 Å². The minimum absolute atomic E-state index is 0.137. The average molecular weight is 325 g/mol. The van der Waals surface area contributed by atoms with Crippen LogP contribution in [0.5, 0.6) is 0 Å². The van der Waals surface area contributed by atoms with E-state index in [0.29, 0.717) is 5.69 Å². The molecule has 0 atom stereocenters. The van der Waals surface area contributed by atoms with Crippen LogP contribution in [0.2, 0.25) is 0 Å². The van der Waals surface area contributed by atoms with Crippen molar-refractivity contribution >= 4 is 17.1 Å². The lowest BCUT2D eigenvalue weighted by molar-refractivity contribution is -0.384. The summed E-state index contributed by atoms with van der Waals surface area (Å²) in [5.74, 6) is 0. The number of hydrogen-bond acceptors (Lipinski definition) is 5. The number of nitrogens with zero attached hydrogens (tertiary/aromatic N) is 1. The first-order valence-electron chi connectivity index (χ1n) is 7.08. The Morgan fingerprint density at radius 1 is 0.792 bits per heavy atom. The van der Waals surface area contributed by atoms with Crippen LogP contribution in [-0.4, -0.2) is 10.1 Å². The molecule has 4 N–H and O–H groups in total. The van der Waals surface area contributed by atoms with E-state index in [1.165, 1.54) is 12.1 Å². The molecule has 124 valence electrons. The maximum atomic E-state index is 10.0. The fourth-order valence-corrected chi connectivity index (χ4v) is 1.52. The van der Waals surface area contributed by atoms with Crippen LogP contribution >= 0.6 is 0 Å². The van der Waals surface area contributed by atoms with Crippen LogP contribution in [0, 0.1) is 10.1 Å². The molecule has 0 radical (unpaired) electrons. The molecule has 0 unspecified atom stereocenters. The zero-order valence-electron chi connectivity index (χ0n) is 12.9. The summed E-state index contributed by atoms with van der Waals surface area (Å²) in [7, 11) is 0. The summed E-state index contributed by atoms with van der Waals surface area (Å²) >= 11 is 0. The van der Waals surface area contributed by atoms with Crippen LogP contribution in [0.25, 0.3) is 0 Å². The molecule has 0 fully saturated rings. The first-order chi connectivity index (χ1) is 11.6. The number of hydrogen-bond donors (Lipinski definition) is 3. The van der Waals surface area contributed by atoms with E-state index in [1.807, 2.05) is 54.0 Å². The zero-order chi connectivity index (χ0) is 17.6. The third-order valence-corrected chi connectivity index (χ3v) is 2.67. The quantitative estimate of drug-likeness (QED) is 0.369. The Hall–Kier alpha value is -3.38. The second kappa shape index (κ2) is 11.2. The van der Waals surface area contributed by atoms with Crippen molar-refractivity contribution < 1.29 is 10.1 Å². The summed E-state index contributed by atoms with van der Waals surface area (Å²) in [6.07, 6.45) is 0. The summed E-state index contributed by atoms with van der Waals surface area (Å²) < 4.78 is 0. The molecule has 0 amide bonds. The number of benzene rings is 3. The van der Waals surface area contributed by atoms with E-state index in [2.05, 4.69) is 0 Å². The first-order valence-corrected chi connectivity index (χ1v) is 7.08. The molecule has 0 spiro atoms. The van der Waals surface area contributed by atoms with Crippen molar-refractivity contribution in [3.05, 3.63) is 101 Å². The number of non-ortho nitro benzene ring substituents is 1. The number of nitrogen functional groups attached to an aromatic ring is 1. The summed E-state index contributed by atoms with van der Waals surface area (Å²) in [5.41, 5.74) is 9.06. The molecule has 6 nitrogen and oxygen atoms in total. The molecule has 0 aliphatic heterocycles. The minimum atomic E-state index is -0.417. The van der Waals surface area contributed by atoms with Gasteiger partial charge in [-0.15, -0.1) is 0 Å². The average Bonchev–Trinajstić information content (AvgIpc) is 2.65. The molecule has 6 heteroatoms. The van der Waals surface area contributed by atoms with Gasteiger partial charge >= 0.3 is 0 Å². The third-order valence-electron chi connectivity index (χ3n) is 2.67. The van der Waals surface area contributed by atoms with Crippen LogP contribution in [-0.2, 0) is 0 Å². The Labute approximate surface area is 140 Å². The predicted octanol–water partition coefficient (Wildman–Crippen LogP) is 4.35. The van der Waals surface area contributed by atoms with E-state index >= 15 is 0 Å². The molecule has 0 aliphatic rings. The van der Waals surface area contributed by atoms with E-state index in [-0.39, 0.29) is 5.69 Å². The van der Waals surface area contributed by atoms with Gasteiger partial charge in [-0.05, 0) is 24.3 Å². The fraction of sp³-hybridized carbons (Fsp3) is 0. The highest BCUT2D eigenvalue weighted by Crippen LogP contribution is 2.06. The highest BCUT2D eigenvalue weighted by Gasteiger charge is 1.98. The Morgan fingerprint density at radius 2 is 1.21 bits per heavy atom. The summed E-state index contributed by atoms with van der Waals surface area (Å²) in [5, 5.41) is 18.3. The number of nitrogens with one attached hydrogen (secondary N) is 1. The highest BCUT2D eigenvalue weighted by atomic mass is 16.6. The van der Waals surface area contributed by atoms with Gasteiger partial charge in [0.1, 0.15) is 0 Å². The van der Waals surface area contributed by atoms with Crippen LogP contribution in [0.4, 0.5) is 17.1 Å². The summed E-state index contributed by atoms with van der Waals surface area (Å²) in [4.78, 5) is 9.59. The van der Waals surface area contributed by atoms with Crippen molar-refractivity contribution in [1.82, 2.24) is 0 Å². The molecular weight excluding hydrogens is 306 g/mol. The number of nitro groups is 1. The standard InChI is InChI=1S/C6H5NO2.C6H7NO.C6H7N/c8-7(9)6-4-2-1-3-5-6;8-7-6-4-2-1-3-5-6;7-6-4-2-1-3-5-6/h1-5H;1-5,7-8H;1-5H,7H2. The number of nitro benzene ring substituents is 1. The Morgan fingerprint density at radius 3 is 1.46 bits per heavy atom. The molecule has 3 rings (SSSR count). The van der Waals surface area contributed by atoms with Crippen LogP contribution in [0.15, 0.2) is 91.0 Å². The Kier molecular flexibility index (Phi) is 8.73. The lowest BCUT2D eigenvalue weighted by atomic mass is 10.3. The fourth-order valence-electron chi connectivity index (χ4n) is 1.52. The molecule has 0 saturated carbocycles. The first kappa shape index (κ1) is 18.7. The number of rotatable bonds is 2. The van der Waals surface area contributed by atoms with Crippen molar-refractivity contribution in [1.29, 1.82) is 0 Å². The van der Waals surface area contributed by atoms with Crippen molar-refractivity contribution in [2.24, 2.45) is 0 Å². The number of anilines is 2. The molecule has 24 heavy (non-hydrogen) atoms. The van der Waals surface area contributed by atoms with Gasteiger partial charge in [-0.1, -0.05) is 54.6 Å². The topological polar surface area (TPSA) is 101 Å². The lowest BCUT2D eigenvalue weighted by Crippen LogP contribution is -1.85. The van der Waals surface area contributed by atoms with Gasteiger partial charge in [-0.3, -0.25) is 20.8 Å². The van der Waals surface area contributed by atoms with Crippen molar-refractivity contribution in [3.63, 3.8) is 0 Å². The van der Waals surface area contributed by atoms with E-state index < -0.39 is 4.92 Å². The summed E-state index contributed by atoms with van der Waals surface area (Å²) in [6.45, 7) is 0. The SMILES string of the molecule is Nc1ccccc1.O=[N+]([O-])c1ccccc1.ONc1ccccc1. The minimum Gasteiger partial charge on any atom is -0.399 e. The molecule has 3 aromatic rings. The van der Waals surface area contributed by atoms with Crippen LogP contribution in [0.3, 0.4) is 0 Å². The van der Waals surface area contributed by atoms with E-state index in [0.717, 1.165) is 5.69 Å². The van der Waals surface area contributed by atoms with Gasteiger partial charge in [0.15, 0.2) is 0 Å². The second-order valence-corrected chi connectivity index (χ2v) is 4.48. The Balaban J connectivity index is 0.000000181. The summed E-state index contributed by atoms with van der Waals surface area (Å²) in [6, 6.07) is 26.6. The lowest BCUT2D eigenvalue weighted by Gasteiger charge is -1.92. The smallest absolute Gasteiger partial charge is 0.269 e. The normalized spacial score (nSPS) is 8.71. The zero-order valence-corrected chi connectivity index (χ0v) is 12.9. The molecule has 0 bridgehead atoms. The molecule has 3 aromatic carbocycles. The molecule has 0 saturated heterocycles. The van der Waals surface area contributed by atoms with Gasteiger partial charge in [0.25, 0.3) is 5.69 Å². The number of para-hydroxylation sites is 3. The maximum absolute atomic E-state index is 10.0. The molecular formula is C18H19N3O3. The van der Waals surface area contributed by atoms with Crippen molar-refractivity contribution in [2.75, 3.05) is 11.2 Å². The van der Waals surface area contributed by atoms with Gasteiger partial charge in [-0.25, -0.2) is 0 Å². The third kappa shape index (κ3) is 8.16. The van der Waals surface area contributed by atoms with Crippen molar-refractivity contribution in [2.45, 2.75) is 0 Å². The van der Waals surface area contributed by atoms with Gasteiger partial charge < -0.3 is 5.73 Å². The van der Waals surface area contributed by atoms with Gasteiger partial charge in [0, 0.05) is 17.8 Å². The van der Waals surface area contributed by atoms with Gasteiger partial charge in [-0.2, -0.15) is 0 Å². The van der Waals surface area contributed by atoms with Crippen LogP contribution in [0.1, 0.15) is 0 Å². The molecule has 0 aliphatic carbocycles. The van der Waals surface area contributed by atoms with E-state index in [4.69, 9.17) is 10.9 Å². The van der Waals surface area contributed by atoms with Gasteiger partial charge in [0.2, 0.25) is 0 Å². The van der Waals surface area contributed by atoms with E-state index in [1.54, 1.807) is 30.3 Å². The predicted molar refractivity (Wildman–Crippen MR) is 95.8 cm³/mol. The number of nitrogens with two attached hydrogens (primary N) is 1. The Bertz CT molecular complexity index is 692. The molecule has 0 aromatic heterocycles. The van der Waals surface area contributed by atoms with Gasteiger partial charge in [0.05, 0.1) is 10.6 Å². The monoisotopic (exact) mass is 325 g/mol. The highest BCUT2D eigenvalue weighted by molar-refractivity contribution is 5.39. The van der Waals surface area contributed by atoms with E-state index in [9.17, 15) is 10.1 Å². The largest absolute Gasteiger partial charge is 0.399 e. The van der Waals surface area contributed by atoms with Crippen molar-refractivity contribution in [3.8, 4) is 0 Å². The maximum Gasteiger partial charge on any atom is 0.269 e. The molecule has 0 heterocycles. The second-order valence-electron chi connectivity index (χ2n) is 4.48.